The molecule has 2 aromatic rings. The summed E-state index contributed by atoms with van der Waals surface area (Å²) in [4.78, 5) is 11.9. The van der Waals surface area contributed by atoms with Crippen LogP contribution in [0.2, 0.25) is 0 Å². The van der Waals surface area contributed by atoms with E-state index in [0.29, 0.717) is 22.9 Å². The van der Waals surface area contributed by atoms with E-state index >= 15 is 0 Å². The number of anilines is 1. The average molecular weight is 276 g/mol. The number of hydrogen-bond donors (Lipinski definition) is 2. The average Bonchev–Trinajstić information content (AvgIpc) is 3.03. The zero-order valence-electron chi connectivity index (χ0n) is 10.0. The molecule has 0 aliphatic carbocycles. The van der Waals surface area contributed by atoms with Gasteiger partial charge in [-0.1, -0.05) is 6.07 Å². The van der Waals surface area contributed by atoms with Crippen LogP contribution in [0.1, 0.15) is 15.9 Å². The molecular weight excluding hydrogens is 264 g/mol. The molecule has 0 bridgehead atoms. The third kappa shape index (κ3) is 2.34. The Morgan fingerprint density at radius 1 is 1.32 bits per heavy atom. The van der Waals surface area contributed by atoms with E-state index in [1.807, 2.05) is 18.2 Å². The fourth-order valence-corrected chi connectivity index (χ4v) is 2.48. The lowest BCUT2D eigenvalue weighted by molar-refractivity contribution is 0.0952. The van der Waals surface area contributed by atoms with E-state index in [1.165, 1.54) is 11.3 Å². The third-order valence-corrected chi connectivity index (χ3v) is 3.58. The van der Waals surface area contributed by atoms with E-state index in [4.69, 9.17) is 15.2 Å². The molecule has 1 aliphatic heterocycles. The van der Waals surface area contributed by atoms with Gasteiger partial charge < -0.3 is 20.5 Å². The van der Waals surface area contributed by atoms with E-state index in [0.717, 1.165) is 11.3 Å². The van der Waals surface area contributed by atoms with E-state index in [9.17, 15) is 4.79 Å². The topological polar surface area (TPSA) is 73.6 Å². The Morgan fingerprint density at radius 3 is 2.95 bits per heavy atom. The highest BCUT2D eigenvalue weighted by atomic mass is 32.1. The first kappa shape index (κ1) is 11.9. The van der Waals surface area contributed by atoms with Crippen molar-refractivity contribution in [3.8, 4) is 11.5 Å². The summed E-state index contributed by atoms with van der Waals surface area (Å²) in [5.41, 5.74) is 7.17. The highest BCUT2D eigenvalue weighted by Gasteiger charge is 2.14. The summed E-state index contributed by atoms with van der Waals surface area (Å²) in [6, 6.07) is 7.31. The van der Waals surface area contributed by atoms with Crippen LogP contribution in [-0.2, 0) is 6.54 Å². The van der Waals surface area contributed by atoms with Crippen LogP contribution in [0.4, 0.5) is 5.00 Å². The number of ether oxygens (including phenoxy) is 2. The van der Waals surface area contributed by atoms with Crippen molar-refractivity contribution >= 4 is 22.2 Å². The Kier molecular flexibility index (Phi) is 3.00. The molecule has 0 saturated heterocycles. The zero-order valence-corrected chi connectivity index (χ0v) is 10.8. The minimum absolute atomic E-state index is 0.170. The molecule has 1 aromatic heterocycles. The van der Waals surface area contributed by atoms with E-state index < -0.39 is 0 Å². The van der Waals surface area contributed by atoms with Gasteiger partial charge in [0, 0.05) is 6.54 Å². The van der Waals surface area contributed by atoms with Gasteiger partial charge in [0.25, 0.3) is 5.91 Å². The first-order chi connectivity index (χ1) is 9.24. The van der Waals surface area contributed by atoms with Crippen LogP contribution >= 0.6 is 11.3 Å². The molecule has 0 unspecified atom stereocenters. The summed E-state index contributed by atoms with van der Waals surface area (Å²) in [6.45, 7) is 0.668. The second-order valence-corrected chi connectivity index (χ2v) is 5.02. The molecule has 0 spiro atoms. The molecule has 1 aliphatic rings. The molecule has 0 saturated carbocycles. The maximum atomic E-state index is 11.9. The number of rotatable bonds is 3. The summed E-state index contributed by atoms with van der Waals surface area (Å²) >= 11 is 1.35. The molecule has 0 radical (unpaired) electrons. The first-order valence-corrected chi connectivity index (χ1v) is 6.62. The lowest BCUT2D eigenvalue weighted by Crippen LogP contribution is -2.22. The van der Waals surface area contributed by atoms with Crippen molar-refractivity contribution in [2.75, 3.05) is 12.5 Å². The summed E-state index contributed by atoms with van der Waals surface area (Å²) in [6.07, 6.45) is 0. The first-order valence-electron chi connectivity index (χ1n) is 5.74. The minimum atomic E-state index is -0.170. The van der Waals surface area contributed by atoms with Crippen LogP contribution in [0.5, 0.6) is 11.5 Å². The Morgan fingerprint density at radius 2 is 2.16 bits per heavy atom. The maximum absolute atomic E-state index is 11.9. The van der Waals surface area contributed by atoms with Crippen LogP contribution in [0, 0.1) is 0 Å². The van der Waals surface area contributed by atoms with Gasteiger partial charge >= 0.3 is 0 Å². The summed E-state index contributed by atoms with van der Waals surface area (Å²) in [5, 5.41) is 5.15. The molecule has 2 heterocycles. The van der Waals surface area contributed by atoms with Gasteiger partial charge in [0.2, 0.25) is 6.79 Å². The van der Waals surface area contributed by atoms with Crippen molar-refractivity contribution in [1.29, 1.82) is 0 Å². The van der Waals surface area contributed by atoms with Gasteiger partial charge in [0.1, 0.15) is 0 Å². The van der Waals surface area contributed by atoms with Crippen molar-refractivity contribution < 1.29 is 14.3 Å². The molecule has 19 heavy (non-hydrogen) atoms. The largest absolute Gasteiger partial charge is 0.454 e. The quantitative estimate of drug-likeness (QED) is 0.899. The predicted octanol–water partition coefficient (Wildman–Crippen LogP) is 1.99. The number of amides is 1. The van der Waals surface area contributed by atoms with Gasteiger partial charge in [0.05, 0.1) is 10.6 Å². The number of benzene rings is 1. The monoisotopic (exact) mass is 276 g/mol. The number of nitrogen functional groups attached to an aromatic ring is 1. The normalized spacial score (nSPS) is 12.4. The van der Waals surface area contributed by atoms with Gasteiger partial charge in [-0.05, 0) is 29.1 Å². The van der Waals surface area contributed by atoms with E-state index in [1.54, 1.807) is 11.4 Å². The van der Waals surface area contributed by atoms with Gasteiger partial charge in [-0.15, -0.1) is 11.3 Å². The van der Waals surface area contributed by atoms with Crippen LogP contribution < -0.4 is 20.5 Å². The van der Waals surface area contributed by atoms with Crippen LogP contribution in [-0.4, -0.2) is 12.7 Å². The molecule has 5 nitrogen and oxygen atoms in total. The molecule has 3 N–H and O–H groups in total. The fraction of sp³-hybridized carbons (Fsp3) is 0.154. The molecule has 3 rings (SSSR count). The standard InChI is InChI=1S/C13H12N2O3S/c14-12-9(3-4-19-12)13(16)15-6-8-1-2-10-11(5-8)18-7-17-10/h1-5H,6-7,14H2,(H,15,16). The van der Waals surface area contributed by atoms with Crippen molar-refractivity contribution in [3.63, 3.8) is 0 Å². The van der Waals surface area contributed by atoms with Crippen LogP contribution in [0.25, 0.3) is 0 Å². The number of nitrogens with two attached hydrogens (primary N) is 1. The lowest BCUT2D eigenvalue weighted by atomic mass is 10.2. The van der Waals surface area contributed by atoms with Crippen molar-refractivity contribution in [2.45, 2.75) is 6.54 Å². The van der Waals surface area contributed by atoms with Crippen molar-refractivity contribution in [1.82, 2.24) is 5.32 Å². The lowest BCUT2D eigenvalue weighted by Gasteiger charge is -2.05. The zero-order chi connectivity index (χ0) is 13.2. The Bertz CT molecular complexity index is 624. The van der Waals surface area contributed by atoms with Gasteiger partial charge in [-0.2, -0.15) is 0 Å². The number of fused-ring (bicyclic) bond motifs is 1. The van der Waals surface area contributed by atoms with Gasteiger partial charge in [0.15, 0.2) is 11.5 Å². The molecular formula is C13H12N2O3S. The Hall–Kier alpha value is -2.21. The summed E-state index contributed by atoms with van der Waals surface area (Å²) < 4.78 is 10.5. The Labute approximate surface area is 113 Å². The Balaban J connectivity index is 1.66. The van der Waals surface area contributed by atoms with Gasteiger partial charge in [-0.3, -0.25) is 4.79 Å². The number of carbonyl (C=O) groups is 1. The van der Waals surface area contributed by atoms with E-state index in [-0.39, 0.29) is 12.7 Å². The van der Waals surface area contributed by atoms with Crippen LogP contribution in [0.15, 0.2) is 29.6 Å². The molecule has 98 valence electrons. The summed E-state index contributed by atoms with van der Waals surface area (Å²) in [7, 11) is 0. The third-order valence-electron chi connectivity index (χ3n) is 2.83. The van der Waals surface area contributed by atoms with Crippen LogP contribution in [0.3, 0.4) is 0 Å². The fourth-order valence-electron chi connectivity index (χ4n) is 1.84. The number of nitrogens with one attached hydrogen (secondary N) is 1. The SMILES string of the molecule is Nc1sccc1C(=O)NCc1ccc2c(c1)OCO2. The molecule has 0 atom stereocenters. The van der Waals surface area contributed by atoms with Crippen molar-refractivity contribution in [3.05, 3.63) is 40.8 Å². The smallest absolute Gasteiger partial charge is 0.254 e. The molecule has 0 fully saturated rings. The molecule has 6 heteroatoms. The highest BCUT2D eigenvalue weighted by Crippen LogP contribution is 2.32. The number of carbonyl (C=O) groups excluding carboxylic acids is 1. The number of thiophene rings is 1. The highest BCUT2D eigenvalue weighted by molar-refractivity contribution is 7.14. The minimum Gasteiger partial charge on any atom is -0.454 e. The van der Waals surface area contributed by atoms with Gasteiger partial charge in [-0.25, -0.2) is 0 Å². The predicted molar refractivity (Wildman–Crippen MR) is 72.5 cm³/mol. The summed E-state index contributed by atoms with van der Waals surface area (Å²) in [5.74, 6) is 1.27. The second kappa shape index (κ2) is 4.81. The van der Waals surface area contributed by atoms with Crippen molar-refractivity contribution in [2.24, 2.45) is 0 Å². The number of hydrogen-bond acceptors (Lipinski definition) is 5. The molecule has 1 amide bonds. The molecule has 1 aromatic carbocycles. The second-order valence-electron chi connectivity index (χ2n) is 4.07. The maximum Gasteiger partial charge on any atom is 0.254 e. The van der Waals surface area contributed by atoms with E-state index in [2.05, 4.69) is 5.32 Å².